The van der Waals surface area contributed by atoms with Gasteiger partial charge in [0.05, 0.1) is 0 Å². The second-order valence-electron chi connectivity index (χ2n) is 4.77. The SMILES string of the molecule is CCC(=O)c1ccc2c(c1)CN(C)[C@H](CN)C2. The minimum atomic E-state index is 0.219. The Labute approximate surface area is 103 Å². The first-order chi connectivity index (χ1) is 8.15. The van der Waals surface area contributed by atoms with E-state index in [1.54, 1.807) is 0 Å². The van der Waals surface area contributed by atoms with Crippen LogP contribution in [0.4, 0.5) is 0 Å². The number of carbonyl (C=O) groups is 1. The molecule has 0 unspecified atom stereocenters. The van der Waals surface area contributed by atoms with Gasteiger partial charge in [-0.1, -0.05) is 19.1 Å². The van der Waals surface area contributed by atoms with Crippen LogP contribution in [-0.4, -0.2) is 30.3 Å². The summed E-state index contributed by atoms with van der Waals surface area (Å²) >= 11 is 0. The van der Waals surface area contributed by atoms with E-state index in [1.165, 1.54) is 11.1 Å². The van der Waals surface area contributed by atoms with Gasteiger partial charge in [-0.05, 0) is 30.7 Å². The first kappa shape index (κ1) is 12.3. The van der Waals surface area contributed by atoms with Crippen molar-refractivity contribution in [3.8, 4) is 0 Å². The molecule has 0 bridgehead atoms. The highest BCUT2D eigenvalue weighted by Crippen LogP contribution is 2.23. The molecular weight excluding hydrogens is 212 g/mol. The lowest BCUT2D eigenvalue weighted by atomic mass is 9.92. The van der Waals surface area contributed by atoms with Crippen LogP contribution in [0.25, 0.3) is 0 Å². The molecule has 0 radical (unpaired) electrons. The second-order valence-corrected chi connectivity index (χ2v) is 4.77. The van der Waals surface area contributed by atoms with Crippen molar-refractivity contribution in [1.82, 2.24) is 4.90 Å². The van der Waals surface area contributed by atoms with Gasteiger partial charge in [-0.3, -0.25) is 9.69 Å². The number of hydrogen-bond acceptors (Lipinski definition) is 3. The molecule has 0 aromatic heterocycles. The van der Waals surface area contributed by atoms with Crippen molar-refractivity contribution in [2.24, 2.45) is 5.73 Å². The Kier molecular flexibility index (Phi) is 3.60. The van der Waals surface area contributed by atoms with E-state index in [-0.39, 0.29) is 5.78 Å². The predicted octanol–water partition coefficient (Wildman–Crippen LogP) is 1.59. The predicted molar refractivity (Wildman–Crippen MR) is 69.1 cm³/mol. The molecule has 1 aromatic carbocycles. The summed E-state index contributed by atoms with van der Waals surface area (Å²) in [4.78, 5) is 13.9. The van der Waals surface area contributed by atoms with Crippen molar-refractivity contribution in [2.45, 2.75) is 32.4 Å². The monoisotopic (exact) mass is 232 g/mol. The molecule has 0 aliphatic carbocycles. The van der Waals surface area contributed by atoms with E-state index in [0.717, 1.165) is 18.5 Å². The van der Waals surface area contributed by atoms with E-state index in [9.17, 15) is 4.79 Å². The van der Waals surface area contributed by atoms with E-state index in [1.807, 2.05) is 19.1 Å². The van der Waals surface area contributed by atoms with Gasteiger partial charge in [-0.2, -0.15) is 0 Å². The third-order valence-corrected chi connectivity index (χ3v) is 3.62. The van der Waals surface area contributed by atoms with Crippen LogP contribution in [-0.2, 0) is 13.0 Å². The lowest BCUT2D eigenvalue weighted by Gasteiger charge is -2.33. The van der Waals surface area contributed by atoms with Gasteiger partial charge in [0.25, 0.3) is 0 Å². The number of nitrogens with zero attached hydrogens (tertiary/aromatic N) is 1. The van der Waals surface area contributed by atoms with Gasteiger partial charge in [0.1, 0.15) is 0 Å². The Hall–Kier alpha value is -1.19. The summed E-state index contributed by atoms with van der Waals surface area (Å²) < 4.78 is 0. The van der Waals surface area contributed by atoms with E-state index in [2.05, 4.69) is 18.0 Å². The first-order valence-electron chi connectivity index (χ1n) is 6.21. The fourth-order valence-electron chi connectivity index (χ4n) is 2.42. The van der Waals surface area contributed by atoms with Crippen LogP contribution in [0.15, 0.2) is 18.2 Å². The van der Waals surface area contributed by atoms with Crippen LogP contribution in [0.2, 0.25) is 0 Å². The molecule has 1 atom stereocenters. The summed E-state index contributed by atoms with van der Waals surface area (Å²) in [5, 5.41) is 0. The van der Waals surface area contributed by atoms with Gasteiger partial charge in [-0.15, -0.1) is 0 Å². The second kappa shape index (κ2) is 4.98. The molecule has 17 heavy (non-hydrogen) atoms. The molecule has 0 spiro atoms. The molecule has 1 aromatic rings. The Balaban J connectivity index is 2.29. The fourth-order valence-corrected chi connectivity index (χ4v) is 2.42. The van der Waals surface area contributed by atoms with Crippen molar-refractivity contribution in [2.75, 3.05) is 13.6 Å². The third kappa shape index (κ3) is 2.40. The van der Waals surface area contributed by atoms with E-state index in [4.69, 9.17) is 5.73 Å². The molecular formula is C14H20N2O. The fraction of sp³-hybridized carbons (Fsp3) is 0.500. The van der Waals surface area contributed by atoms with E-state index >= 15 is 0 Å². The van der Waals surface area contributed by atoms with Crippen molar-refractivity contribution in [1.29, 1.82) is 0 Å². The van der Waals surface area contributed by atoms with Gasteiger partial charge in [-0.25, -0.2) is 0 Å². The average Bonchev–Trinajstić information content (AvgIpc) is 2.36. The maximum atomic E-state index is 11.7. The first-order valence-corrected chi connectivity index (χ1v) is 6.21. The average molecular weight is 232 g/mol. The number of rotatable bonds is 3. The molecule has 3 nitrogen and oxygen atoms in total. The number of likely N-dealkylation sites (N-methyl/N-ethyl adjacent to an activating group) is 1. The maximum Gasteiger partial charge on any atom is 0.162 e. The van der Waals surface area contributed by atoms with Crippen LogP contribution in [0, 0.1) is 0 Å². The highest BCUT2D eigenvalue weighted by molar-refractivity contribution is 5.96. The normalized spacial score (nSPS) is 20.1. The minimum Gasteiger partial charge on any atom is -0.329 e. The van der Waals surface area contributed by atoms with Crippen molar-refractivity contribution in [3.05, 3.63) is 34.9 Å². The summed E-state index contributed by atoms with van der Waals surface area (Å²) in [6.07, 6.45) is 1.56. The highest BCUT2D eigenvalue weighted by Gasteiger charge is 2.22. The molecule has 0 fully saturated rings. The van der Waals surface area contributed by atoms with Crippen molar-refractivity contribution >= 4 is 5.78 Å². The van der Waals surface area contributed by atoms with Crippen LogP contribution in [0.3, 0.4) is 0 Å². The van der Waals surface area contributed by atoms with Gasteiger partial charge in [0.15, 0.2) is 5.78 Å². The molecule has 0 saturated carbocycles. The van der Waals surface area contributed by atoms with Crippen molar-refractivity contribution < 1.29 is 4.79 Å². The van der Waals surface area contributed by atoms with E-state index < -0.39 is 0 Å². The van der Waals surface area contributed by atoms with Crippen LogP contribution >= 0.6 is 0 Å². The lowest BCUT2D eigenvalue weighted by Crippen LogP contribution is -2.42. The summed E-state index contributed by atoms with van der Waals surface area (Å²) in [6, 6.07) is 6.51. The van der Waals surface area contributed by atoms with Gasteiger partial charge < -0.3 is 5.73 Å². The third-order valence-electron chi connectivity index (χ3n) is 3.62. The zero-order valence-corrected chi connectivity index (χ0v) is 10.6. The Bertz CT molecular complexity index is 428. The number of Topliss-reactive ketones (excluding diaryl/α,β-unsaturated/α-hetero) is 1. The molecule has 3 heteroatoms. The number of nitrogens with two attached hydrogens (primary N) is 1. The number of benzene rings is 1. The van der Waals surface area contributed by atoms with Gasteiger partial charge >= 0.3 is 0 Å². The van der Waals surface area contributed by atoms with Crippen molar-refractivity contribution in [3.63, 3.8) is 0 Å². The molecule has 2 rings (SSSR count). The molecule has 1 heterocycles. The lowest BCUT2D eigenvalue weighted by molar-refractivity contribution is 0.0988. The quantitative estimate of drug-likeness (QED) is 0.805. The summed E-state index contributed by atoms with van der Waals surface area (Å²) in [5.41, 5.74) is 9.21. The summed E-state index contributed by atoms with van der Waals surface area (Å²) in [5.74, 6) is 0.219. The Morgan fingerprint density at radius 3 is 2.88 bits per heavy atom. The Morgan fingerprint density at radius 2 is 2.24 bits per heavy atom. The summed E-state index contributed by atoms with van der Waals surface area (Å²) in [7, 11) is 2.09. The van der Waals surface area contributed by atoms with Gasteiger partial charge in [0, 0.05) is 31.1 Å². The number of fused-ring (bicyclic) bond motifs is 1. The number of hydrogen-bond donors (Lipinski definition) is 1. The molecule has 0 amide bonds. The zero-order chi connectivity index (χ0) is 12.4. The number of carbonyl (C=O) groups excluding carboxylic acids is 1. The summed E-state index contributed by atoms with van der Waals surface area (Å²) in [6.45, 7) is 3.48. The van der Waals surface area contributed by atoms with Crippen LogP contribution in [0.1, 0.15) is 34.8 Å². The van der Waals surface area contributed by atoms with Crippen LogP contribution in [0.5, 0.6) is 0 Å². The van der Waals surface area contributed by atoms with Crippen LogP contribution < -0.4 is 5.73 Å². The smallest absolute Gasteiger partial charge is 0.162 e. The van der Waals surface area contributed by atoms with Gasteiger partial charge in [0.2, 0.25) is 0 Å². The maximum absolute atomic E-state index is 11.7. The minimum absolute atomic E-state index is 0.219. The molecule has 1 aliphatic heterocycles. The molecule has 1 aliphatic rings. The molecule has 92 valence electrons. The largest absolute Gasteiger partial charge is 0.329 e. The Morgan fingerprint density at radius 1 is 1.47 bits per heavy atom. The topological polar surface area (TPSA) is 46.3 Å². The molecule has 0 saturated heterocycles. The number of ketones is 1. The standard InChI is InChI=1S/C14H20N2O/c1-3-14(17)11-5-4-10-7-13(8-15)16(2)9-12(10)6-11/h4-6,13H,3,7-9,15H2,1-2H3/t13-/m0/s1. The van der Waals surface area contributed by atoms with E-state index in [0.29, 0.717) is 19.0 Å². The zero-order valence-electron chi connectivity index (χ0n) is 10.6. The molecule has 2 N–H and O–H groups in total. The highest BCUT2D eigenvalue weighted by atomic mass is 16.1.